The number of nitrogens with one attached hydrogen (secondary N) is 2. The van der Waals surface area contributed by atoms with E-state index >= 15 is 0 Å². The van der Waals surface area contributed by atoms with Crippen LogP contribution < -0.4 is 10.0 Å². The zero-order chi connectivity index (χ0) is 22.9. The highest BCUT2D eigenvalue weighted by Crippen LogP contribution is 2.32. The molecule has 4 rings (SSSR count). The minimum Gasteiger partial charge on any atom is -0.315 e. The van der Waals surface area contributed by atoms with E-state index in [1.807, 2.05) is 16.7 Å². The van der Waals surface area contributed by atoms with E-state index in [9.17, 15) is 8.42 Å². The van der Waals surface area contributed by atoms with Crippen LogP contribution in [0.15, 0.2) is 47.8 Å². The molecule has 1 fully saturated rings. The first kappa shape index (κ1) is 22.7. The largest absolute Gasteiger partial charge is 0.315 e. The van der Waals surface area contributed by atoms with Crippen LogP contribution in [0.5, 0.6) is 0 Å². The van der Waals surface area contributed by atoms with Gasteiger partial charge in [0.05, 0.1) is 15.6 Å². The third kappa shape index (κ3) is 4.79. The van der Waals surface area contributed by atoms with Crippen molar-refractivity contribution in [1.82, 2.24) is 25.1 Å². The zero-order valence-electron chi connectivity index (χ0n) is 18.3. The van der Waals surface area contributed by atoms with Gasteiger partial charge < -0.3 is 9.88 Å². The summed E-state index contributed by atoms with van der Waals surface area (Å²) in [5.74, 6) is 0.496. The van der Waals surface area contributed by atoms with Crippen LogP contribution in [0.3, 0.4) is 0 Å². The summed E-state index contributed by atoms with van der Waals surface area (Å²) < 4.78 is 30.9. The highest BCUT2D eigenvalue weighted by Gasteiger charge is 2.24. The topological polar surface area (TPSA) is 102 Å². The van der Waals surface area contributed by atoms with Crippen LogP contribution in [-0.2, 0) is 15.4 Å². The number of benzene rings is 1. The molecule has 8 nitrogen and oxygen atoms in total. The summed E-state index contributed by atoms with van der Waals surface area (Å²) in [5, 5.41) is 12.0. The van der Waals surface area contributed by atoms with Crippen molar-refractivity contribution in [3.05, 3.63) is 53.4 Å². The van der Waals surface area contributed by atoms with Gasteiger partial charge in [-0.25, -0.2) is 13.4 Å². The van der Waals surface area contributed by atoms with Crippen molar-refractivity contribution in [3.63, 3.8) is 0 Å². The molecule has 1 aromatic carbocycles. The van der Waals surface area contributed by atoms with Gasteiger partial charge in [-0.1, -0.05) is 44.5 Å². The Kier molecular flexibility index (Phi) is 6.24. The molecule has 1 aliphatic heterocycles. The molecule has 0 unspecified atom stereocenters. The maximum Gasteiger partial charge on any atom is 0.261 e. The minimum atomic E-state index is -3.86. The molecular weight excluding hydrogens is 448 g/mol. The Bertz CT molecular complexity index is 1200. The minimum absolute atomic E-state index is 0.0716. The van der Waals surface area contributed by atoms with Crippen LogP contribution >= 0.6 is 11.6 Å². The van der Waals surface area contributed by atoms with E-state index in [1.54, 1.807) is 24.5 Å². The average molecular weight is 475 g/mol. The Morgan fingerprint density at radius 2 is 1.97 bits per heavy atom. The van der Waals surface area contributed by atoms with Crippen LogP contribution in [0.1, 0.15) is 45.2 Å². The molecule has 0 aliphatic carbocycles. The van der Waals surface area contributed by atoms with E-state index in [0.29, 0.717) is 16.5 Å². The number of hydrogen-bond acceptors (Lipinski definition) is 6. The predicted molar refractivity (Wildman–Crippen MR) is 125 cm³/mol. The number of hydrogen-bond donors (Lipinski definition) is 2. The number of anilines is 1. The molecule has 1 atom stereocenters. The molecule has 170 valence electrons. The number of aromatic nitrogens is 4. The number of rotatable bonds is 5. The van der Waals surface area contributed by atoms with Gasteiger partial charge in [0.1, 0.15) is 12.0 Å². The fraction of sp³-hybridized carbons (Fsp3) is 0.409. The highest BCUT2D eigenvalue weighted by molar-refractivity contribution is 7.92. The maximum absolute atomic E-state index is 13.1. The first-order valence-electron chi connectivity index (χ1n) is 10.5. The Labute approximate surface area is 193 Å². The molecule has 3 aromatic rings. The Balaban J connectivity index is 1.69. The van der Waals surface area contributed by atoms with Gasteiger partial charge >= 0.3 is 0 Å². The van der Waals surface area contributed by atoms with Gasteiger partial charge in [-0.05, 0) is 48.6 Å². The molecule has 0 saturated carbocycles. The van der Waals surface area contributed by atoms with Gasteiger partial charge in [-0.2, -0.15) is 0 Å². The van der Waals surface area contributed by atoms with E-state index in [1.165, 1.54) is 6.20 Å². The third-order valence-electron chi connectivity index (χ3n) is 5.58. The van der Waals surface area contributed by atoms with E-state index in [4.69, 9.17) is 11.6 Å². The Morgan fingerprint density at radius 1 is 1.22 bits per heavy atom. The summed E-state index contributed by atoms with van der Waals surface area (Å²) in [6, 6.07) is 8.59. The predicted octanol–water partition coefficient (Wildman–Crippen LogP) is 4.02. The second kappa shape index (κ2) is 8.80. The Hall–Kier alpha value is -2.49. The first-order chi connectivity index (χ1) is 15.1. The summed E-state index contributed by atoms with van der Waals surface area (Å²) in [6.45, 7) is 8.01. The molecule has 3 heterocycles. The van der Waals surface area contributed by atoms with Crippen molar-refractivity contribution in [3.8, 4) is 11.5 Å². The van der Waals surface area contributed by atoms with Crippen LogP contribution in [-0.4, -0.2) is 41.3 Å². The monoisotopic (exact) mass is 474 g/mol. The van der Waals surface area contributed by atoms with Crippen LogP contribution in [0.4, 0.5) is 5.69 Å². The fourth-order valence-electron chi connectivity index (χ4n) is 3.78. The SMILES string of the molecule is CC(C)(C)c1ccc(S(=O)(=O)Nc2cc(Cl)cnc2-c2nncn2[C@H]2CCCNC2)cc1. The molecule has 0 amide bonds. The molecule has 1 saturated heterocycles. The van der Waals surface area contributed by atoms with E-state index in [-0.39, 0.29) is 22.0 Å². The van der Waals surface area contributed by atoms with Crippen molar-refractivity contribution in [2.24, 2.45) is 0 Å². The third-order valence-corrected chi connectivity index (χ3v) is 7.17. The standard InChI is InChI=1S/C22H27ClN6O2S/c1-22(2,3)15-6-8-18(9-7-15)32(30,31)28-19-11-16(23)12-25-20(19)21-27-26-14-29(21)17-5-4-10-24-13-17/h6-9,11-12,14,17,24,28H,4-5,10,13H2,1-3H3/t17-/m0/s1. The summed E-state index contributed by atoms with van der Waals surface area (Å²) in [6.07, 6.45) is 5.16. The summed E-state index contributed by atoms with van der Waals surface area (Å²) >= 11 is 6.16. The lowest BCUT2D eigenvalue weighted by molar-refractivity contribution is 0.373. The number of sulfonamides is 1. The van der Waals surface area contributed by atoms with Gasteiger partial charge in [0.25, 0.3) is 10.0 Å². The van der Waals surface area contributed by atoms with Gasteiger partial charge in [0.15, 0.2) is 5.82 Å². The highest BCUT2D eigenvalue weighted by atomic mass is 35.5. The lowest BCUT2D eigenvalue weighted by Crippen LogP contribution is -2.31. The number of halogens is 1. The summed E-state index contributed by atoms with van der Waals surface area (Å²) in [7, 11) is -3.86. The smallest absolute Gasteiger partial charge is 0.261 e. The fourth-order valence-corrected chi connectivity index (χ4v) is 5.00. The van der Waals surface area contributed by atoms with Crippen LogP contribution in [0.25, 0.3) is 11.5 Å². The van der Waals surface area contributed by atoms with Crippen LogP contribution in [0, 0.1) is 0 Å². The average Bonchev–Trinajstić information content (AvgIpc) is 3.23. The summed E-state index contributed by atoms with van der Waals surface area (Å²) in [5.41, 5.74) is 1.62. The molecule has 0 bridgehead atoms. The number of nitrogens with zero attached hydrogens (tertiary/aromatic N) is 4. The second-order valence-electron chi connectivity index (χ2n) is 8.99. The maximum atomic E-state index is 13.1. The molecule has 2 aromatic heterocycles. The molecule has 1 aliphatic rings. The molecule has 10 heteroatoms. The lowest BCUT2D eigenvalue weighted by atomic mass is 9.87. The molecular formula is C22H27ClN6O2S. The van der Waals surface area contributed by atoms with E-state index < -0.39 is 10.0 Å². The van der Waals surface area contributed by atoms with Gasteiger partial charge in [0, 0.05) is 18.8 Å². The Morgan fingerprint density at radius 3 is 2.62 bits per heavy atom. The first-order valence-corrected chi connectivity index (χ1v) is 12.4. The van der Waals surface area contributed by atoms with Gasteiger partial charge in [-0.3, -0.25) is 4.72 Å². The molecule has 2 N–H and O–H groups in total. The lowest BCUT2D eigenvalue weighted by Gasteiger charge is -2.25. The molecule has 0 spiro atoms. The normalized spacial score (nSPS) is 17.3. The van der Waals surface area contributed by atoms with Crippen molar-refractivity contribution < 1.29 is 8.42 Å². The molecule has 32 heavy (non-hydrogen) atoms. The van der Waals surface area contributed by atoms with Gasteiger partial charge in [0.2, 0.25) is 0 Å². The van der Waals surface area contributed by atoms with Crippen LogP contribution in [0.2, 0.25) is 5.02 Å². The quantitative estimate of drug-likeness (QED) is 0.579. The van der Waals surface area contributed by atoms with Crippen molar-refractivity contribution in [2.45, 2.75) is 50.0 Å². The summed E-state index contributed by atoms with van der Waals surface area (Å²) in [4.78, 5) is 4.56. The van der Waals surface area contributed by atoms with Crippen molar-refractivity contribution in [2.75, 3.05) is 17.8 Å². The van der Waals surface area contributed by atoms with E-state index in [0.717, 1.165) is 31.5 Å². The second-order valence-corrected chi connectivity index (χ2v) is 11.1. The van der Waals surface area contributed by atoms with Crippen molar-refractivity contribution >= 4 is 27.3 Å². The van der Waals surface area contributed by atoms with E-state index in [2.05, 4.69) is 46.0 Å². The van der Waals surface area contributed by atoms with Gasteiger partial charge in [-0.15, -0.1) is 10.2 Å². The molecule has 0 radical (unpaired) electrons. The number of pyridine rings is 1. The zero-order valence-corrected chi connectivity index (χ0v) is 19.9. The van der Waals surface area contributed by atoms with Crippen molar-refractivity contribution in [1.29, 1.82) is 0 Å². The number of piperidine rings is 1.